The Morgan fingerprint density at radius 1 is 0.975 bits per heavy atom. The van der Waals surface area contributed by atoms with Crippen LogP contribution in [0.3, 0.4) is 0 Å². The van der Waals surface area contributed by atoms with Gasteiger partial charge in [0.2, 0.25) is 5.58 Å². The molecule has 1 atom stereocenters. The van der Waals surface area contributed by atoms with E-state index in [0.29, 0.717) is 15.7 Å². The summed E-state index contributed by atoms with van der Waals surface area (Å²) in [6.45, 7) is 1.32. The Bertz CT molecular complexity index is 1630. The molecule has 0 saturated heterocycles. The first kappa shape index (κ1) is 28.2. The Morgan fingerprint density at radius 3 is 2.08 bits per heavy atom. The molecule has 2 heterocycles. The number of pyridine rings is 1. The fraction of sp³-hybridized carbons (Fsp3) is 0.259. The monoisotopic (exact) mass is 556 g/mol. The van der Waals surface area contributed by atoms with Crippen molar-refractivity contribution >= 4 is 17.0 Å². The molecule has 0 aliphatic rings. The number of fused-ring (bicyclic) bond motifs is 1. The molecule has 0 aliphatic carbocycles. The summed E-state index contributed by atoms with van der Waals surface area (Å²) in [5, 5.41) is 1.29. The number of benzene rings is 2. The second-order valence-corrected chi connectivity index (χ2v) is 8.75. The van der Waals surface area contributed by atoms with Gasteiger partial charge in [-0.3, -0.25) is 15.0 Å². The molecule has 4 rings (SSSR count). The van der Waals surface area contributed by atoms with Gasteiger partial charge in [0.1, 0.15) is 29.2 Å². The zero-order chi connectivity index (χ0) is 29.1. The van der Waals surface area contributed by atoms with E-state index in [1.807, 2.05) is 0 Å². The third-order valence-electron chi connectivity index (χ3n) is 6.23. The maximum atomic E-state index is 14.5. The number of methoxy groups -OCH3 is 3. The van der Waals surface area contributed by atoms with Gasteiger partial charge in [-0.25, -0.2) is 28.1 Å². The first-order chi connectivity index (χ1) is 19.1. The lowest BCUT2D eigenvalue weighted by Crippen LogP contribution is -2.48. The molecule has 11 nitrogen and oxygen atoms in total. The number of carbonyl (C=O) groups excluding carboxylic acids is 1. The van der Waals surface area contributed by atoms with Crippen LogP contribution in [0.4, 0.5) is 8.78 Å². The molecule has 0 radical (unpaired) electrons. The molecular weight excluding hydrogens is 530 g/mol. The number of rotatable bonds is 9. The number of aromatic nitrogens is 2. The van der Waals surface area contributed by atoms with Gasteiger partial charge in [-0.1, -0.05) is 0 Å². The molecule has 0 spiro atoms. The van der Waals surface area contributed by atoms with Gasteiger partial charge in [-0.05, 0) is 42.3 Å². The van der Waals surface area contributed by atoms with E-state index in [4.69, 9.17) is 18.6 Å². The summed E-state index contributed by atoms with van der Waals surface area (Å²) in [5.41, 5.74) is 1.98. The van der Waals surface area contributed by atoms with Crippen molar-refractivity contribution in [3.05, 3.63) is 92.3 Å². The first-order valence-corrected chi connectivity index (χ1v) is 11.9. The lowest BCUT2D eigenvalue weighted by molar-refractivity contribution is -0.129. The normalized spacial score (nSPS) is 12.0. The maximum absolute atomic E-state index is 14.5. The van der Waals surface area contributed by atoms with E-state index < -0.39 is 40.9 Å². The molecule has 1 N–H and O–H groups in total. The molecular formula is C27H26F2N4O7. The van der Waals surface area contributed by atoms with Crippen LogP contribution in [-0.4, -0.2) is 48.8 Å². The summed E-state index contributed by atoms with van der Waals surface area (Å²) in [6, 6.07) is 6.90. The van der Waals surface area contributed by atoms with Crippen molar-refractivity contribution in [3.8, 4) is 17.2 Å². The van der Waals surface area contributed by atoms with E-state index in [-0.39, 0.29) is 28.3 Å². The summed E-state index contributed by atoms with van der Waals surface area (Å²) in [7, 11) is 5.53. The highest BCUT2D eigenvalue weighted by atomic mass is 19.1. The third-order valence-corrected chi connectivity index (χ3v) is 6.23. The third kappa shape index (κ3) is 5.50. The van der Waals surface area contributed by atoms with Crippen molar-refractivity contribution in [2.75, 3.05) is 28.4 Å². The predicted octanol–water partition coefficient (Wildman–Crippen LogP) is 2.97. The highest BCUT2D eigenvalue weighted by Crippen LogP contribution is 2.32. The van der Waals surface area contributed by atoms with Crippen LogP contribution in [0.5, 0.6) is 17.2 Å². The van der Waals surface area contributed by atoms with Crippen LogP contribution < -0.4 is 31.0 Å². The number of carbonyl (C=O) groups is 1. The van der Waals surface area contributed by atoms with Crippen LogP contribution in [0, 0.1) is 11.6 Å². The SMILES string of the molecule is COc1cc(F)cc(C(c2cc(F)cc(OC)c2)N(C)NC(=O)[C@H](C)n2c(=O)oc3c(OC)ccnc3c2=O)c1. The molecule has 2 aromatic carbocycles. The van der Waals surface area contributed by atoms with Crippen LogP contribution in [0.1, 0.15) is 30.1 Å². The van der Waals surface area contributed by atoms with Gasteiger partial charge in [0.25, 0.3) is 11.5 Å². The molecule has 40 heavy (non-hydrogen) atoms. The van der Waals surface area contributed by atoms with Crippen molar-refractivity contribution in [1.82, 2.24) is 20.0 Å². The lowest BCUT2D eigenvalue weighted by atomic mass is 9.97. The van der Waals surface area contributed by atoms with Crippen molar-refractivity contribution in [2.24, 2.45) is 0 Å². The summed E-state index contributed by atoms with van der Waals surface area (Å²) in [4.78, 5) is 43.2. The summed E-state index contributed by atoms with van der Waals surface area (Å²) in [5.74, 6) is -2.63. The van der Waals surface area contributed by atoms with Gasteiger partial charge in [-0.2, -0.15) is 0 Å². The largest absolute Gasteiger partial charge is 0.497 e. The standard InChI is InChI=1S/C27H26F2N4O7/c1-14(33-26(35)22-24(40-27(33)36)21(39-5)6-7-30-22)25(34)31-32(2)23(15-8-17(28)12-19(10-15)37-3)16-9-18(29)13-20(11-16)38-4/h6-14,23H,1-5H3,(H,31,34)/t14-/m0/s1. The van der Waals surface area contributed by atoms with Gasteiger partial charge in [-0.15, -0.1) is 0 Å². The molecule has 13 heteroatoms. The second kappa shape index (κ2) is 11.5. The van der Waals surface area contributed by atoms with Crippen LogP contribution in [-0.2, 0) is 4.79 Å². The Labute approximate surface area is 226 Å². The molecule has 0 unspecified atom stereocenters. The van der Waals surface area contributed by atoms with Gasteiger partial charge >= 0.3 is 5.76 Å². The smallest absolute Gasteiger partial charge is 0.423 e. The Balaban J connectivity index is 1.74. The highest BCUT2D eigenvalue weighted by molar-refractivity contribution is 5.81. The molecule has 210 valence electrons. The molecule has 0 fully saturated rings. The Hall–Kier alpha value is -4.78. The summed E-state index contributed by atoms with van der Waals surface area (Å²) >= 11 is 0. The molecule has 0 aliphatic heterocycles. The van der Waals surface area contributed by atoms with Crippen LogP contribution in [0.2, 0.25) is 0 Å². The average Bonchev–Trinajstić information content (AvgIpc) is 2.92. The van der Waals surface area contributed by atoms with Crippen LogP contribution in [0.25, 0.3) is 11.1 Å². The number of hydrogen-bond acceptors (Lipinski definition) is 9. The maximum Gasteiger partial charge on any atom is 0.423 e. The number of amides is 1. The molecule has 1 amide bonds. The van der Waals surface area contributed by atoms with Crippen LogP contribution in [0.15, 0.2) is 62.7 Å². The number of nitrogens with zero attached hydrogens (tertiary/aromatic N) is 3. The van der Waals surface area contributed by atoms with E-state index in [9.17, 15) is 23.2 Å². The summed E-state index contributed by atoms with van der Waals surface area (Å²) in [6.07, 6.45) is 1.30. The molecule has 2 aromatic heterocycles. The van der Waals surface area contributed by atoms with E-state index in [2.05, 4.69) is 10.4 Å². The van der Waals surface area contributed by atoms with Crippen molar-refractivity contribution < 1.29 is 32.2 Å². The van der Waals surface area contributed by atoms with E-state index in [0.717, 1.165) is 0 Å². The van der Waals surface area contributed by atoms with Gasteiger partial charge in [0.15, 0.2) is 11.3 Å². The van der Waals surface area contributed by atoms with Crippen molar-refractivity contribution in [3.63, 3.8) is 0 Å². The number of halogens is 2. The number of ether oxygens (including phenoxy) is 3. The zero-order valence-electron chi connectivity index (χ0n) is 22.2. The minimum Gasteiger partial charge on any atom is -0.497 e. The average molecular weight is 557 g/mol. The first-order valence-electron chi connectivity index (χ1n) is 11.9. The minimum absolute atomic E-state index is 0.127. The topological polar surface area (TPSA) is 125 Å². The Kier molecular flexibility index (Phi) is 8.14. The highest BCUT2D eigenvalue weighted by Gasteiger charge is 2.28. The Morgan fingerprint density at radius 2 is 1.55 bits per heavy atom. The fourth-order valence-corrected chi connectivity index (χ4v) is 4.32. The molecule has 0 saturated carbocycles. The fourth-order valence-electron chi connectivity index (χ4n) is 4.32. The van der Waals surface area contributed by atoms with Gasteiger partial charge in [0.05, 0.1) is 27.4 Å². The lowest BCUT2D eigenvalue weighted by Gasteiger charge is -2.30. The van der Waals surface area contributed by atoms with Crippen LogP contribution >= 0.6 is 0 Å². The predicted molar refractivity (Wildman–Crippen MR) is 139 cm³/mol. The minimum atomic E-state index is -1.37. The van der Waals surface area contributed by atoms with Crippen molar-refractivity contribution in [2.45, 2.75) is 19.0 Å². The second-order valence-electron chi connectivity index (χ2n) is 8.75. The van der Waals surface area contributed by atoms with Gasteiger partial charge in [0, 0.05) is 31.4 Å². The molecule has 4 aromatic rings. The van der Waals surface area contributed by atoms with Crippen molar-refractivity contribution in [1.29, 1.82) is 0 Å². The van der Waals surface area contributed by atoms with E-state index >= 15 is 0 Å². The molecule has 0 bridgehead atoms. The number of hydrogen-bond donors (Lipinski definition) is 1. The number of nitrogens with one attached hydrogen (secondary N) is 1. The number of hydrazine groups is 1. The quantitative estimate of drug-likeness (QED) is 0.310. The van der Waals surface area contributed by atoms with E-state index in [1.165, 1.54) is 89.0 Å². The zero-order valence-corrected chi connectivity index (χ0v) is 22.2. The van der Waals surface area contributed by atoms with E-state index in [1.54, 1.807) is 0 Å². The van der Waals surface area contributed by atoms with Gasteiger partial charge < -0.3 is 18.6 Å². The summed E-state index contributed by atoms with van der Waals surface area (Å²) < 4.78 is 50.3.